The van der Waals surface area contributed by atoms with Crippen LogP contribution in [0.15, 0.2) is 12.3 Å². The molecule has 2 N–H and O–H groups in total. The number of aromatic nitrogens is 2. The third-order valence-electron chi connectivity index (χ3n) is 2.67. The second-order valence-corrected chi connectivity index (χ2v) is 4.70. The van der Waals surface area contributed by atoms with Gasteiger partial charge >= 0.3 is 0 Å². The average molecular weight is 242 g/mol. The SMILES string of the molecule is Nc1c(C2CC2)nc2c(Cl)cc(Cl)cn12. The van der Waals surface area contributed by atoms with Crippen LogP contribution in [0.1, 0.15) is 24.5 Å². The Morgan fingerprint density at radius 1 is 1.40 bits per heavy atom. The highest BCUT2D eigenvalue weighted by atomic mass is 35.5. The van der Waals surface area contributed by atoms with Gasteiger partial charge in [-0.05, 0) is 18.9 Å². The average Bonchev–Trinajstić information content (AvgIpc) is 2.94. The molecule has 0 saturated heterocycles. The van der Waals surface area contributed by atoms with Crippen molar-refractivity contribution < 1.29 is 0 Å². The predicted molar refractivity (Wildman–Crippen MR) is 61.6 cm³/mol. The summed E-state index contributed by atoms with van der Waals surface area (Å²) in [5, 5.41) is 1.11. The van der Waals surface area contributed by atoms with Gasteiger partial charge in [0.1, 0.15) is 5.82 Å². The molecule has 0 radical (unpaired) electrons. The number of hydrogen-bond donors (Lipinski definition) is 1. The maximum Gasteiger partial charge on any atom is 0.157 e. The fourth-order valence-electron chi connectivity index (χ4n) is 1.77. The highest BCUT2D eigenvalue weighted by Gasteiger charge is 2.29. The first-order valence-corrected chi connectivity index (χ1v) is 5.55. The Hall–Kier alpha value is -0.930. The number of anilines is 1. The lowest BCUT2D eigenvalue weighted by atomic mass is 10.3. The summed E-state index contributed by atoms with van der Waals surface area (Å²) in [6.07, 6.45) is 4.08. The van der Waals surface area contributed by atoms with Gasteiger partial charge in [-0.1, -0.05) is 23.2 Å². The van der Waals surface area contributed by atoms with Crippen LogP contribution in [0.4, 0.5) is 5.82 Å². The van der Waals surface area contributed by atoms with Crippen LogP contribution in [0.25, 0.3) is 5.65 Å². The van der Waals surface area contributed by atoms with Crippen LogP contribution in [0.2, 0.25) is 10.0 Å². The Morgan fingerprint density at radius 3 is 2.80 bits per heavy atom. The molecule has 0 bridgehead atoms. The van der Waals surface area contributed by atoms with Crippen LogP contribution in [0.5, 0.6) is 0 Å². The van der Waals surface area contributed by atoms with Gasteiger partial charge in [0.25, 0.3) is 0 Å². The molecule has 2 aromatic rings. The normalized spacial score (nSPS) is 16.1. The summed E-state index contributed by atoms with van der Waals surface area (Å²) in [5.74, 6) is 1.18. The van der Waals surface area contributed by atoms with Crippen LogP contribution in [0.3, 0.4) is 0 Å². The molecule has 0 aromatic carbocycles. The van der Waals surface area contributed by atoms with Gasteiger partial charge in [0, 0.05) is 12.1 Å². The predicted octanol–water partition coefficient (Wildman–Crippen LogP) is 3.10. The summed E-state index contributed by atoms with van der Waals surface area (Å²) in [4.78, 5) is 4.46. The van der Waals surface area contributed by atoms with Gasteiger partial charge in [0.2, 0.25) is 0 Å². The quantitative estimate of drug-likeness (QED) is 0.834. The number of rotatable bonds is 1. The van der Waals surface area contributed by atoms with E-state index in [1.807, 2.05) is 0 Å². The summed E-state index contributed by atoms with van der Waals surface area (Å²) in [6, 6.07) is 1.68. The Morgan fingerprint density at radius 2 is 2.13 bits per heavy atom. The summed E-state index contributed by atoms with van der Waals surface area (Å²) in [7, 11) is 0. The third-order valence-corrected chi connectivity index (χ3v) is 3.16. The molecular formula is C10H9Cl2N3. The maximum atomic E-state index is 6.05. The zero-order valence-electron chi connectivity index (χ0n) is 7.87. The topological polar surface area (TPSA) is 43.3 Å². The number of pyridine rings is 1. The number of imidazole rings is 1. The molecule has 3 rings (SSSR count). The maximum absolute atomic E-state index is 6.05. The van der Waals surface area contributed by atoms with E-state index in [0.29, 0.717) is 27.4 Å². The molecule has 15 heavy (non-hydrogen) atoms. The van der Waals surface area contributed by atoms with E-state index in [1.54, 1.807) is 16.7 Å². The molecule has 2 aromatic heterocycles. The van der Waals surface area contributed by atoms with E-state index in [2.05, 4.69) is 4.98 Å². The summed E-state index contributed by atoms with van der Waals surface area (Å²) in [6.45, 7) is 0. The van der Waals surface area contributed by atoms with Crippen molar-refractivity contribution in [2.24, 2.45) is 0 Å². The summed E-state index contributed by atoms with van der Waals surface area (Å²) >= 11 is 12.0. The van der Waals surface area contributed by atoms with Gasteiger partial charge in [0.05, 0.1) is 15.7 Å². The molecule has 1 fully saturated rings. The number of hydrogen-bond acceptors (Lipinski definition) is 2. The number of nitrogen functional groups attached to an aromatic ring is 1. The first kappa shape index (κ1) is 9.31. The van der Waals surface area contributed by atoms with Crippen LogP contribution < -0.4 is 5.73 Å². The smallest absolute Gasteiger partial charge is 0.157 e. The number of fused-ring (bicyclic) bond motifs is 1. The highest BCUT2D eigenvalue weighted by molar-refractivity contribution is 6.36. The van der Waals surface area contributed by atoms with Crippen molar-refractivity contribution in [3.05, 3.63) is 28.0 Å². The fraction of sp³-hybridized carbons (Fsp3) is 0.300. The monoisotopic (exact) mass is 241 g/mol. The Kier molecular flexibility index (Phi) is 1.88. The largest absolute Gasteiger partial charge is 0.383 e. The molecule has 0 atom stereocenters. The highest BCUT2D eigenvalue weighted by Crippen LogP contribution is 2.43. The minimum Gasteiger partial charge on any atom is -0.383 e. The van der Waals surface area contributed by atoms with Crippen LogP contribution in [-0.4, -0.2) is 9.38 Å². The minimum absolute atomic E-state index is 0.514. The molecule has 3 nitrogen and oxygen atoms in total. The molecule has 1 aliphatic rings. The molecule has 5 heteroatoms. The zero-order chi connectivity index (χ0) is 10.6. The molecule has 0 spiro atoms. The van der Waals surface area contributed by atoms with Crippen molar-refractivity contribution in [1.82, 2.24) is 9.38 Å². The first-order valence-electron chi connectivity index (χ1n) is 4.79. The number of halogens is 2. The Labute approximate surface area is 96.8 Å². The number of nitrogens with two attached hydrogens (primary N) is 1. The van der Waals surface area contributed by atoms with E-state index in [1.165, 1.54) is 12.8 Å². The van der Waals surface area contributed by atoms with E-state index in [4.69, 9.17) is 28.9 Å². The molecule has 0 unspecified atom stereocenters. The zero-order valence-corrected chi connectivity index (χ0v) is 9.39. The van der Waals surface area contributed by atoms with Crippen molar-refractivity contribution >= 4 is 34.7 Å². The molecule has 2 heterocycles. The van der Waals surface area contributed by atoms with Crippen molar-refractivity contribution in [2.75, 3.05) is 5.73 Å². The molecule has 0 aliphatic heterocycles. The van der Waals surface area contributed by atoms with Crippen molar-refractivity contribution in [3.63, 3.8) is 0 Å². The van der Waals surface area contributed by atoms with Gasteiger partial charge in [-0.2, -0.15) is 0 Å². The molecule has 0 amide bonds. The van der Waals surface area contributed by atoms with E-state index < -0.39 is 0 Å². The van der Waals surface area contributed by atoms with Gasteiger partial charge in [-0.25, -0.2) is 4.98 Å². The van der Waals surface area contributed by atoms with Crippen molar-refractivity contribution in [3.8, 4) is 0 Å². The lowest BCUT2D eigenvalue weighted by molar-refractivity contribution is 1.06. The van der Waals surface area contributed by atoms with E-state index in [0.717, 1.165) is 5.69 Å². The second kappa shape index (κ2) is 3.03. The lowest BCUT2D eigenvalue weighted by Crippen LogP contribution is -1.95. The summed E-state index contributed by atoms with van der Waals surface area (Å²) in [5.41, 5.74) is 7.65. The lowest BCUT2D eigenvalue weighted by Gasteiger charge is -1.99. The fourth-order valence-corrected chi connectivity index (χ4v) is 2.28. The Balaban J connectivity index is 2.34. The van der Waals surface area contributed by atoms with E-state index in [-0.39, 0.29) is 0 Å². The molecular weight excluding hydrogens is 233 g/mol. The van der Waals surface area contributed by atoms with Gasteiger partial charge in [-0.15, -0.1) is 0 Å². The van der Waals surface area contributed by atoms with Crippen molar-refractivity contribution in [1.29, 1.82) is 0 Å². The van der Waals surface area contributed by atoms with Gasteiger partial charge in [-0.3, -0.25) is 4.40 Å². The minimum atomic E-state index is 0.514. The van der Waals surface area contributed by atoms with Crippen molar-refractivity contribution in [2.45, 2.75) is 18.8 Å². The molecule has 1 aliphatic carbocycles. The first-order chi connectivity index (χ1) is 7.16. The van der Waals surface area contributed by atoms with Gasteiger partial charge in [0.15, 0.2) is 5.65 Å². The Bertz CT molecular complexity index is 543. The standard InChI is InChI=1S/C10H9Cl2N3/c11-6-3-7(12)10-14-8(5-1-2-5)9(13)15(10)4-6/h3-5H,1-2,13H2. The van der Waals surface area contributed by atoms with E-state index >= 15 is 0 Å². The van der Waals surface area contributed by atoms with E-state index in [9.17, 15) is 0 Å². The summed E-state index contributed by atoms with van der Waals surface area (Å²) < 4.78 is 1.76. The number of nitrogens with zero attached hydrogens (tertiary/aromatic N) is 2. The van der Waals surface area contributed by atoms with Crippen LogP contribution in [0, 0.1) is 0 Å². The van der Waals surface area contributed by atoms with Crippen LogP contribution in [-0.2, 0) is 0 Å². The molecule has 1 saturated carbocycles. The third kappa shape index (κ3) is 1.38. The van der Waals surface area contributed by atoms with Crippen LogP contribution >= 0.6 is 23.2 Å². The second-order valence-electron chi connectivity index (χ2n) is 3.86. The van der Waals surface area contributed by atoms with Gasteiger partial charge < -0.3 is 5.73 Å². The molecule has 78 valence electrons.